The predicted octanol–water partition coefficient (Wildman–Crippen LogP) is 3.11. The summed E-state index contributed by atoms with van der Waals surface area (Å²) in [6.07, 6.45) is 3.24. The molecule has 3 heterocycles. The van der Waals surface area contributed by atoms with Crippen LogP contribution in [0.1, 0.15) is 0 Å². The van der Waals surface area contributed by atoms with Gasteiger partial charge in [-0.3, -0.25) is 0 Å². The fourth-order valence-corrected chi connectivity index (χ4v) is 2.96. The molecule has 1 aromatic carbocycles. The third kappa shape index (κ3) is 3.89. The van der Waals surface area contributed by atoms with Gasteiger partial charge in [0.2, 0.25) is 5.95 Å². The molecule has 144 valence electrons. The Hall–Kier alpha value is -3.20. The lowest BCUT2D eigenvalue weighted by Crippen LogP contribution is -2.43. The predicted molar refractivity (Wildman–Crippen MR) is 99.9 cm³/mol. The number of hydrogen-bond donors (Lipinski definition) is 2. The average Bonchev–Trinajstić information content (AvgIpc) is 2.73. The van der Waals surface area contributed by atoms with Crippen LogP contribution >= 0.6 is 0 Å². The molecule has 2 N–H and O–H groups in total. The third-order valence-electron chi connectivity index (χ3n) is 4.38. The van der Waals surface area contributed by atoms with Crippen molar-refractivity contribution in [1.82, 2.24) is 20.3 Å². The zero-order valence-electron chi connectivity index (χ0n) is 14.8. The third-order valence-corrected chi connectivity index (χ3v) is 4.38. The largest absolute Gasteiger partial charge is 0.354 e. The van der Waals surface area contributed by atoms with Crippen molar-refractivity contribution in [3.8, 4) is 11.3 Å². The summed E-state index contributed by atoms with van der Waals surface area (Å²) in [4.78, 5) is 15.1. The molecule has 0 atom stereocenters. The van der Waals surface area contributed by atoms with Crippen LogP contribution in [0.3, 0.4) is 0 Å². The molecule has 6 nitrogen and oxygen atoms in total. The Labute approximate surface area is 159 Å². The lowest BCUT2D eigenvalue weighted by Gasteiger charge is -2.28. The van der Waals surface area contributed by atoms with Crippen LogP contribution in [0.25, 0.3) is 11.3 Å². The average molecular weight is 386 g/mol. The van der Waals surface area contributed by atoms with Gasteiger partial charge in [0.15, 0.2) is 17.5 Å². The molecule has 0 amide bonds. The fraction of sp³-hybridized carbons (Fsp3) is 0.211. The number of aromatic nitrogens is 3. The summed E-state index contributed by atoms with van der Waals surface area (Å²) in [6, 6.07) is 7.24. The highest BCUT2D eigenvalue weighted by atomic mass is 19.2. The van der Waals surface area contributed by atoms with Crippen LogP contribution in [-0.4, -0.2) is 41.1 Å². The van der Waals surface area contributed by atoms with Crippen molar-refractivity contribution >= 4 is 17.5 Å². The molecule has 0 bridgehead atoms. The van der Waals surface area contributed by atoms with Crippen LogP contribution in [0.4, 0.5) is 30.6 Å². The van der Waals surface area contributed by atoms with Gasteiger partial charge in [-0.25, -0.2) is 28.1 Å². The molecular weight excluding hydrogens is 369 g/mol. The van der Waals surface area contributed by atoms with Gasteiger partial charge >= 0.3 is 0 Å². The highest BCUT2D eigenvalue weighted by Gasteiger charge is 2.13. The molecule has 0 saturated carbocycles. The number of pyridine rings is 1. The Morgan fingerprint density at radius 1 is 0.964 bits per heavy atom. The molecule has 1 fully saturated rings. The molecule has 4 rings (SSSR count). The highest BCUT2D eigenvalue weighted by Crippen LogP contribution is 2.23. The van der Waals surface area contributed by atoms with Gasteiger partial charge in [-0.05, 0) is 18.2 Å². The van der Waals surface area contributed by atoms with Crippen molar-refractivity contribution < 1.29 is 13.2 Å². The van der Waals surface area contributed by atoms with Crippen molar-refractivity contribution in [3.63, 3.8) is 0 Å². The summed E-state index contributed by atoms with van der Waals surface area (Å²) in [5.74, 6) is -3.06. The van der Waals surface area contributed by atoms with Crippen LogP contribution in [0.5, 0.6) is 0 Å². The van der Waals surface area contributed by atoms with E-state index in [1.807, 2.05) is 12.1 Å². The maximum Gasteiger partial charge on any atom is 0.227 e. The van der Waals surface area contributed by atoms with E-state index in [2.05, 4.69) is 30.5 Å². The molecule has 2 aromatic heterocycles. The van der Waals surface area contributed by atoms with E-state index < -0.39 is 17.5 Å². The van der Waals surface area contributed by atoms with Crippen molar-refractivity contribution in [2.75, 3.05) is 36.4 Å². The van der Waals surface area contributed by atoms with Gasteiger partial charge in [0.1, 0.15) is 5.82 Å². The first-order chi connectivity index (χ1) is 13.6. The quantitative estimate of drug-likeness (QED) is 0.672. The summed E-state index contributed by atoms with van der Waals surface area (Å²) >= 11 is 0. The van der Waals surface area contributed by atoms with Gasteiger partial charge in [0.05, 0.1) is 5.69 Å². The van der Waals surface area contributed by atoms with E-state index in [0.29, 0.717) is 5.69 Å². The van der Waals surface area contributed by atoms with Gasteiger partial charge in [-0.1, -0.05) is 0 Å². The van der Waals surface area contributed by atoms with Crippen molar-refractivity contribution in [2.45, 2.75) is 0 Å². The minimum atomic E-state index is -1.52. The number of nitrogens with one attached hydrogen (secondary N) is 2. The van der Waals surface area contributed by atoms with E-state index in [-0.39, 0.29) is 11.6 Å². The van der Waals surface area contributed by atoms with E-state index in [0.717, 1.165) is 49.7 Å². The number of nitrogens with zero attached hydrogens (tertiary/aromatic N) is 4. The second-order valence-electron chi connectivity index (χ2n) is 6.29. The maximum atomic E-state index is 13.4. The Balaban J connectivity index is 1.53. The normalized spacial score (nSPS) is 14.2. The number of anilines is 3. The molecule has 1 saturated heterocycles. The molecular formula is C19H17F3N6. The summed E-state index contributed by atoms with van der Waals surface area (Å²) < 4.78 is 39.8. The number of benzene rings is 1. The maximum absolute atomic E-state index is 13.4. The Bertz CT molecular complexity index is 951. The minimum Gasteiger partial charge on any atom is -0.354 e. The molecule has 3 aromatic rings. The van der Waals surface area contributed by atoms with Gasteiger partial charge in [0.25, 0.3) is 0 Å². The Kier molecular flexibility index (Phi) is 5.07. The van der Waals surface area contributed by atoms with Crippen molar-refractivity contribution in [2.24, 2.45) is 0 Å². The Morgan fingerprint density at radius 3 is 2.39 bits per heavy atom. The SMILES string of the molecule is Fc1cc(Nc2nccc(-c3ccc(N4CCNCC4)nc3)n2)cc(F)c1F. The van der Waals surface area contributed by atoms with Gasteiger partial charge in [-0.2, -0.15) is 0 Å². The first-order valence-electron chi connectivity index (χ1n) is 8.77. The first kappa shape index (κ1) is 18.2. The van der Waals surface area contributed by atoms with E-state index in [1.165, 1.54) is 6.20 Å². The van der Waals surface area contributed by atoms with Crippen LogP contribution in [-0.2, 0) is 0 Å². The van der Waals surface area contributed by atoms with Crippen LogP contribution < -0.4 is 15.5 Å². The van der Waals surface area contributed by atoms with E-state index in [1.54, 1.807) is 12.3 Å². The number of piperazine rings is 1. The topological polar surface area (TPSA) is 66.0 Å². The number of hydrogen-bond acceptors (Lipinski definition) is 6. The second kappa shape index (κ2) is 7.81. The van der Waals surface area contributed by atoms with E-state index >= 15 is 0 Å². The summed E-state index contributed by atoms with van der Waals surface area (Å²) in [7, 11) is 0. The van der Waals surface area contributed by atoms with Gasteiger partial charge in [0, 0.05) is 62.0 Å². The summed E-state index contributed by atoms with van der Waals surface area (Å²) in [5, 5.41) is 5.98. The fourth-order valence-electron chi connectivity index (χ4n) is 2.96. The molecule has 28 heavy (non-hydrogen) atoms. The van der Waals surface area contributed by atoms with Crippen molar-refractivity contribution in [1.29, 1.82) is 0 Å². The zero-order valence-corrected chi connectivity index (χ0v) is 14.8. The van der Waals surface area contributed by atoms with Crippen molar-refractivity contribution in [3.05, 3.63) is 60.2 Å². The number of halogens is 3. The summed E-state index contributed by atoms with van der Waals surface area (Å²) in [6.45, 7) is 3.65. The lowest BCUT2D eigenvalue weighted by atomic mass is 10.2. The molecule has 9 heteroatoms. The molecule has 0 aliphatic carbocycles. The van der Waals surface area contributed by atoms with Crippen LogP contribution in [0.15, 0.2) is 42.7 Å². The molecule has 0 spiro atoms. The zero-order chi connectivity index (χ0) is 19.5. The van der Waals surface area contributed by atoms with E-state index in [4.69, 9.17) is 0 Å². The van der Waals surface area contributed by atoms with Gasteiger partial charge in [-0.15, -0.1) is 0 Å². The standard InChI is InChI=1S/C19H17F3N6/c20-14-9-13(10-15(21)18(14)22)26-19-24-4-3-16(27-19)12-1-2-17(25-11-12)28-7-5-23-6-8-28/h1-4,9-11,23H,5-8H2,(H,24,26,27). The van der Waals surface area contributed by atoms with Gasteiger partial charge < -0.3 is 15.5 Å². The van der Waals surface area contributed by atoms with E-state index in [9.17, 15) is 13.2 Å². The monoisotopic (exact) mass is 386 g/mol. The highest BCUT2D eigenvalue weighted by molar-refractivity contribution is 5.62. The molecule has 1 aliphatic heterocycles. The second-order valence-corrected chi connectivity index (χ2v) is 6.29. The molecule has 1 aliphatic rings. The van der Waals surface area contributed by atoms with Crippen LogP contribution in [0, 0.1) is 17.5 Å². The Morgan fingerprint density at radius 2 is 1.71 bits per heavy atom. The molecule has 0 unspecified atom stereocenters. The minimum absolute atomic E-state index is 0.0146. The molecule has 0 radical (unpaired) electrons. The lowest BCUT2D eigenvalue weighted by molar-refractivity contribution is 0.448. The number of rotatable bonds is 4. The van der Waals surface area contributed by atoms with Crippen LogP contribution in [0.2, 0.25) is 0 Å². The smallest absolute Gasteiger partial charge is 0.227 e. The summed E-state index contributed by atoms with van der Waals surface area (Å²) in [5.41, 5.74) is 1.39. The first-order valence-corrected chi connectivity index (χ1v) is 8.77.